The largest absolute Gasteiger partial charge is 0.469 e. The lowest BCUT2D eigenvalue weighted by Crippen LogP contribution is -2.54. The zero-order valence-corrected chi connectivity index (χ0v) is 23.6. The number of benzene rings is 3. The molecule has 1 heterocycles. The summed E-state index contributed by atoms with van der Waals surface area (Å²) in [6.45, 7) is 0.415. The minimum atomic E-state index is -0.911. The zero-order valence-electron chi connectivity index (χ0n) is 23.6. The van der Waals surface area contributed by atoms with E-state index in [0.29, 0.717) is 13.0 Å². The predicted molar refractivity (Wildman–Crippen MR) is 158 cm³/mol. The molecule has 3 aromatic rings. The second-order valence-corrected chi connectivity index (χ2v) is 11.0. The number of rotatable bonds is 8. The molecule has 4 unspecified atom stereocenters. The van der Waals surface area contributed by atoms with Gasteiger partial charge in [-0.15, -0.1) is 0 Å². The van der Waals surface area contributed by atoms with Crippen molar-refractivity contribution in [3.63, 3.8) is 0 Å². The minimum Gasteiger partial charge on any atom is -0.469 e. The highest BCUT2D eigenvalue weighted by Crippen LogP contribution is 2.50. The van der Waals surface area contributed by atoms with Crippen molar-refractivity contribution < 1.29 is 19.1 Å². The van der Waals surface area contributed by atoms with Gasteiger partial charge in [-0.2, -0.15) is 0 Å². The van der Waals surface area contributed by atoms with Crippen molar-refractivity contribution >= 4 is 17.9 Å². The van der Waals surface area contributed by atoms with Gasteiger partial charge in [0.25, 0.3) is 0 Å². The number of hydrogen-bond donors (Lipinski definition) is 2. The molecule has 1 saturated carbocycles. The number of esters is 1. The zero-order chi connectivity index (χ0) is 28.6. The third kappa shape index (κ3) is 6.45. The van der Waals surface area contributed by atoms with Crippen LogP contribution in [0.1, 0.15) is 60.8 Å². The Bertz CT molecular complexity index is 1300. The summed E-state index contributed by atoms with van der Waals surface area (Å²) in [5.41, 5.74) is 2.72. The standard InChI is InChI=1S/C34H39N3O4/c1-41-33(39)29-28(25-16-8-3-9-17-25)31(32(38)35-23-22-24-14-6-2-7-15-24)37(30(29)26-18-10-4-11-19-26)34(40)36-27-20-12-5-13-21-27/h2-4,6-11,14-19,27-31H,5,12-13,20-23H2,1H3,(H,35,38)(H,36,40). The number of amides is 3. The first-order valence-corrected chi connectivity index (χ1v) is 14.7. The number of likely N-dealkylation sites (tertiary alicyclic amines) is 1. The molecule has 3 amide bonds. The van der Waals surface area contributed by atoms with Gasteiger partial charge >= 0.3 is 12.0 Å². The van der Waals surface area contributed by atoms with Gasteiger partial charge in [-0.05, 0) is 36.0 Å². The molecule has 7 nitrogen and oxygen atoms in total. The SMILES string of the molecule is COC(=O)C1C(c2ccccc2)C(C(=O)NCCc2ccccc2)N(C(=O)NC2CCCCC2)C1c1ccccc1. The van der Waals surface area contributed by atoms with Gasteiger partial charge in [0.15, 0.2) is 0 Å². The van der Waals surface area contributed by atoms with E-state index in [0.717, 1.165) is 48.8 Å². The molecule has 0 radical (unpaired) electrons. The van der Waals surface area contributed by atoms with Crippen LogP contribution < -0.4 is 10.6 Å². The smallest absolute Gasteiger partial charge is 0.318 e. The molecule has 0 aromatic heterocycles. The molecule has 2 aliphatic rings. The third-order valence-corrected chi connectivity index (χ3v) is 8.46. The lowest BCUT2D eigenvalue weighted by Gasteiger charge is -2.34. The third-order valence-electron chi connectivity index (χ3n) is 8.46. The Morgan fingerprint density at radius 2 is 1.39 bits per heavy atom. The number of ether oxygens (including phenoxy) is 1. The summed E-state index contributed by atoms with van der Waals surface area (Å²) in [6.07, 6.45) is 5.77. The molecular formula is C34H39N3O4. The van der Waals surface area contributed by atoms with Gasteiger partial charge in [0, 0.05) is 18.5 Å². The number of nitrogens with zero attached hydrogens (tertiary/aromatic N) is 1. The summed E-state index contributed by atoms with van der Waals surface area (Å²) in [7, 11) is 1.37. The number of hydrogen-bond acceptors (Lipinski definition) is 4. The quantitative estimate of drug-likeness (QED) is 0.367. The first kappa shape index (κ1) is 28.4. The summed E-state index contributed by atoms with van der Waals surface area (Å²) in [4.78, 5) is 43.6. The maximum Gasteiger partial charge on any atom is 0.318 e. The Morgan fingerprint density at radius 1 is 0.805 bits per heavy atom. The second-order valence-electron chi connectivity index (χ2n) is 11.0. The van der Waals surface area contributed by atoms with Gasteiger partial charge in [-0.1, -0.05) is 110 Å². The fraction of sp³-hybridized carbons (Fsp3) is 0.382. The van der Waals surface area contributed by atoms with Gasteiger partial charge in [-0.3, -0.25) is 9.59 Å². The van der Waals surface area contributed by atoms with E-state index in [4.69, 9.17) is 4.74 Å². The van der Waals surface area contributed by atoms with Crippen LogP contribution in [0.15, 0.2) is 91.0 Å². The van der Waals surface area contributed by atoms with Crippen LogP contribution in [-0.4, -0.2) is 48.5 Å². The van der Waals surface area contributed by atoms with Crippen LogP contribution in [0.5, 0.6) is 0 Å². The molecule has 2 N–H and O–H groups in total. The number of carbonyl (C=O) groups is 3. The van der Waals surface area contributed by atoms with Crippen LogP contribution in [0, 0.1) is 5.92 Å². The monoisotopic (exact) mass is 553 g/mol. The molecule has 3 aromatic carbocycles. The summed E-state index contributed by atoms with van der Waals surface area (Å²) < 4.78 is 5.35. The Labute approximate surface area is 242 Å². The highest BCUT2D eigenvalue weighted by atomic mass is 16.5. The van der Waals surface area contributed by atoms with Crippen LogP contribution >= 0.6 is 0 Å². The molecule has 5 rings (SSSR count). The van der Waals surface area contributed by atoms with Crippen molar-refractivity contribution in [2.75, 3.05) is 13.7 Å². The van der Waals surface area contributed by atoms with E-state index in [1.807, 2.05) is 91.0 Å². The van der Waals surface area contributed by atoms with Crippen LogP contribution in [-0.2, 0) is 20.7 Å². The Kier molecular flexibility index (Phi) is 9.34. The van der Waals surface area contributed by atoms with E-state index in [9.17, 15) is 14.4 Å². The van der Waals surface area contributed by atoms with Crippen LogP contribution in [0.2, 0.25) is 0 Å². The summed E-state index contributed by atoms with van der Waals surface area (Å²) in [5, 5.41) is 6.33. The van der Waals surface area contributed by atoms with Gasteiger partial charge in [-0.25, -0.2) is 4.79 Å². The number of nitrogens with one attached hydrogen (secondary N) is 2. The van der Waals surface area contributed by atoms with E-state index in [1.54, 1.807) is 4.90 Å². The van der Waals surface area contributed by atoms with Crippen molar-refractivity contribution in [2.24, 2.45) is 5.92 Å². The Balaban J connectivity index is 1.55. The summed E-state index contributed by atoms with van der Waals surface area (Å²) in [5.74, 6) is -2.09. The normalized spacial score (nSPS) is 22.6. The Hall–Kier alpha value is -4.13. The number of urea groups is 1. The average molecular weight is 554 g/mol. The van der Waals surface area contributed by atoms with E-state index < -0.39 is 29.9 Å². The van der Waals surface area contributed by atoms with Gasteiger partial charge < -0.3 is 20.3 Å². The molecule has 1 aliphatic heterocycles. The molecule has 0 spiro atoms. The lowest BCUT2D eigenvalue weighted by atomic mass is 9.80. The first-order chi connectivity index (χ1) is 20.1. The molecule has 214 valence electrons. The molecule has 41 heavy (non-hydrogen) atoms. The molecule has 2 fully saturated rings. The van der Waals surface area contributed by atoms with Gasteiger partial charge in [0.1, 0.15) is 6.04 Å². The van der Waals surface area contributed by atoms with Gasteiger partial charge in [0.05, 0.1) is 19.1 Å². The highest BCUT2D eigenvalue weighted by Gasteiger charge is 2.58. The Morgan fingerprint density at radius 3 is 2.00 bits per heavy atom. The van der Waals surface area contributed by atoms with E-state index in [-0.39, 0.29) is 18.0 Å². The van der Waals surface area contributed by atoms with E-state index in [1.165, 1.54) is 7.11 Å². The van der Waals surface area contributed by atoms with Crippen LogP contribution in [0.25, 0.3) is 0 Å². The molecular weight excluding hydrogens is 514 g/mol. The highest BCUT2D eigenvalue weighted by molar-refractivity contribution is 5.92. The van der Waals surface area contributed by atoms with Crippen molar-refractivity contribution in [3.8, 4) is 0 Å². The van der Waals surface area contributed by atoms with Crippen molar-refractivity contribution in [1.82, 2.24) is 15.5 Å². The van der Waals surface area contributed by atoms with Crippen LogP contribution in [0.3, 0.4) is 0 Å². The molecule has 1 saturated heterocycles. The number of methoxy groups -OCH3 is 1. The maximum absolute atomic E-state index is 14.2. The number of carbonyl (C=O) groups excluding carboxylic acids is 3. The second kappa shape index (κ2) is 13.5. The minimum absolute atomic E-state index is 0.0433. The first-order valence-electron chi connectivity index (χ1n) is 14.7. The van der Waals surface area contributed by atoms with Gasteiger partial charge in [0.2, 0.25) is 5.91 Å². The molecule has 0 bridgehead atoms. The topological polar surface area (TPSA) is 87.7 Å². The fourth-order valence-corrected chi connectivity index (χ4v) is 6.52. The molecule has 7 heteroatoms. The average Bonchev–Trinajstić information content (AvgIpc) is 3.39. The van der Waals surface area contributed by atoms with Crippen LogP contribution in [0.4, 0.5) is 4.79 Å². The molecule has 4 atom stereocenters. The van der Waals surface area contributed by atoms with Crippen molar-refractivity contribution in [1.29, 1.82) is 0 Å². The summed E-state index contributed by atoms with van der Waals surface area (Å²) >= 11 is 0. The predicted octanol–water partition coefficient (Wildman–Crippen LogP) is 5.39. The van der Waals surface area contributed by atoms with Crippen molar-refractivity contribution in [3.05, 3.63) is 108 Å². The fourth-order valence-electron chi connectivity index (χ4n) is 6.52. The maximum atomic E-state index is 14.2. The van der Waals surface area contributed by atoms with E-state index >= 15 is 0 Å². The molecule has 1 aliphatic carbocycles. The van der Waals surface area contributed by atoms with E-state index in [2.05, 4.69) is 10.6 Å². The lowest BCUT2D eigenvalue weighted by molar-refractivity contribution is -0.146. The van der Waals surface area contributed by atoms with Crippen molar-refractivity contribution in [2.45, 2.75) is 62.6 Å². The summed E-state index contributed by atoms with van der Waals surface area (Å²) in [6, 6.07) is 27.2.